The Kier molecular flexibility index (Phi) is 7.48. The minimum absolute atomic E-state index is 0.0794. The summed E-state index contributed by atoms with van der Waals surface area (Å²) in [6.45, 7) is 4.32. The Balaban J connectivity index is 1.58. The van der Waals surface area contributed by atoms with Gasteiger partial charge >= 0.3 is 0 Å². The number of aryl methyl sites for hydroxylation is 1. The molecule has 6 nitrogen and oxygen atoms in total. The lowest BCUT2D eigenvalue weighted by atomic mass is 10.1. The molecule has 1 atom stereocenters. The summed E-state index contributed by atoms with van der Waals surface area (Å²) in [5.41, 5.74) is 2.17. The van der Waals surface area contributed by atoms with Crippen molar-refractivity contribution in [2.45, 2.75) is 12.5 Å². The monoisotopic (exact) mass is 423 g/mol. The maximum atomic E-state index is 12.6. The van der Waals surface area contributed by atoms with Crippen molar-refractivity contribution in [3.05, 3.63) is 52.2 Å². The highest BCUT2D eigenvalue weighted by atomic mass is 32.2. The molecule has 0 spiro atoms. The maximum Gasteiger partial charge on any atom is 0.211 e. The largest absolute Gasteiger partial charge is 0.497 e. The lowest BCUT2D eigenvalue weighted by Crippen LogP contribution is -2.48. The summed E-state index contributed by atoms with van der Waals surface area (Å²) >= 11 is 1.65. The van der Waals surface area contributed by atoms with E-state index in [1.165, 1.54) is 5.56 Å². The zero-order valence-corrected chi connectivity index (χ0v) is 18.1. The zero-order chi connectivity index (χ0) is 20.0. The first-order valence-corrected chi connectivity index (χ1v) is 12.1. The van der Waals surface area contributed by atoms with Crippen molar-refractivity contribution in [2.75, 3.05) is 52.6 Å². The van der Waals surface area contributed by atoms with Gasteiger partial charge in [0, 0.05) is 38.8 Å². The minimum atomic E-state index is -3.35. The highest BCUT2D eigenvalue weighted by Crippen LogP contribution is 2.24. The van der Waals surface area contributed by atoms with Crippen LogP contribution in [-0.4, -0.2) is 70.9 Å². The van der Waals surface area contributed by atoms with Crippen molar-refractivity contribution in [1.82, 2.24) is 14.5 Å². The number of hydrogen-bond acceptors (Lipinski definition) is 6. The Morgan fingerprint density at radius 2 is 1.86 bits per heavy atom. The smallest absolute Gasteiger partial charge is 0.211 e. The van der Waals surface area contributed by atoms with Crippen molar-refractivity contribution in [2.24, 2.45) is 0 Å². The predicted molar refractivity (Wildman–Crippen MR) is 115 cm³/mol. The third-order valence-corrected chi connectivity index (χ3v) is 7.27. The van der Waals surface area contributed by atoms with Crippen LogP contribution in [0.2, 0.25) is 0 Å². The van der Waals surface area contributed by atoms with Crippen molar-refractivity contribution in [3.8, 4) is 5.75 Å². The van der Waals surface area contributed by atoms with E-state index < -0.39 is 10.0 Å². The molecule has 3 rings (SSSR count). The number of likely N-dealkylation sites (N-methyl/N-ethyl adjacent to an activating group) is 1. The summed E-state index contributed by atoms with van der Waals surface area (Å²) in [5, 5.41) is 4.17. The molecule has 1 fully saturated rings. The van der Waals surface area contributed by atoms with Crippen molar-refractivity contribution in [1.29, 1.82) is 0 Å². The standard InChI is InChI=1S/C20H29N3O3S2/c1-22-9-11-23(12-10-22)20(18-7-13-27-16-18)15-21-28(24,25)14-8-17-3-5-19(26-2)6-4-17/h3-7,13,16,20-21H,8-12,14-15H2,1-2H3/t20-/m0/s1. The molecule has 28 heavy (non-hydrogen) atoms. The second-order valence-electron chi connectivity index (χ2n) is 7.18. The number of hydrogen-bond donors (Lipinski definition) is 1. The predicted octanol–water partition coefficient (Wildman–Crippen LogP) is 2.21. The number of benzene rings is 1. The van der Waals surface area contributed by atoms with Gasteiger partial charge in [0.2, 0.25) is 10.0 Å². The van der Waals surface area contributed by atoms with Gasteiger partial charge < -0.3 is 9.64 Å². The number of piperazine rings is 1. The normalized spacial score (nSPS) is 17.5. The van der Waals surface area contributed by atoms with Crippen LogP contribution in [0, 0.1) is 0 Å². The van der Waals surface area contributed by atoms with Gasteiger partial charge in [-0.25, -0.2) is 13.1 Å². The topological polar surface area (TPSA) is 61.9 Å². The molecule has 0 saturated carbocycles. The summed E-state index contributed by atoms with van der Waals surface area (Å²) in [6, 6.07) is 9.71. The van der Waals surface area contributed by atoms with Crippen LogP contribution in [-0.2, 0) is 16.4 Å². The molecular formula is C20H29N3O3S2. The molecule has 1 aromatic carbocycles. The van der Waals surface area contributed by atoms with E-state index in [2.05, 4.69) is 38.4 Å². The molecule has 154 valence electrons. The van der Waals surface area contributed by atoms with Crippen LogP contribution in [0.5, 0.6) is 5.75 Å². The molecule has 0 amide bonds. The first-order chi connectivity index (χ1) is 13.5. The fourth-order valence-corrected chi connectivity index (χ4v) is 5.15. The Hall–Kier alpha value is -1.45. The van der Waals surface area contributed by atoms with Crippen LogP contribution < -0.4 is 9.46 Å². The van der Waals surface area contributed by atoms with Gasteiger partial charge in [0.1, 0.15) is 5.75 Å². The van der Waals surface area contributed by atoms with Crippen LogP contribution in [0.3, 0.4) is 0 Å². The third kappa shape index (κ3) is 6.02. The average Bonchev–Trinajstić information content (AvgIpc) is 3.23. The molecule has 1 saturated heterocycles. The van der Waals surface area contributed by atoms with Crippen molar-refractivity contribution in [3.63, 3.8) is 0 Å². The highest BCUT2D eigenvalue weighted by Gasteiger charge is 2.25. The fraction of sp³-hybridized carbons (Fsp3) is 0.500. The lowest BCUT2D eigenvalue weighted by Gasteiger charge is -2.37. The van der Waals surface area contributed by atoms with E-state index in [1.54, 1.807) is 18.4 Å². The molecule has 2 heterocycles. The molecule has 2 aromatic rings. The summed E-state index contributed by atoms with van der Waals surface area (Å²) in [5.74, 6) is 0.855. The number of nitrogens with one attached hydrogen (secondary N) is 1. The second kappa shape index (κ2) is 9.84. The van der Waals surface area contributed by atoms with Crippen LogP contribution in [0.15, 0.2) is 41.1 Å². The maximum absolute atomic E-state index is 12.6. The van der Waals surface area contributed by atoms with Gasteiger partial charge in [-0.3, -0.25) is 4.90 Å². The minimum Gasteiger partial charge on any atom is -0.497 e. The Morgan fingerprint density at radius 1 is 1.14 bits per heavy atom. The molecule has 1 aromatic heterocycles. The van der Waals surface area contributed by atoms with Crippen molar-refractivity contribution >= 4 is 21.4 Å². The number of nitrogens with zero attached hydrogens (tertiary/aromatic N) is 2. The van der Waals surface area contributed by atoms with Crippen LogP contribution in [0.1, 0.15) is 17.2 Å². The summed E-state index contributed by atoms with van der Waals surface area (Å²) < 4.78 is 33.1. The molecule has 0 bridgehead atoms. The second-order valence-corrected chi connectivity index (χ2v) is 9.88. The quantitative estimate of drug-likeness (QED) is 0.670. The summed E-state index contributed by atoms with van der Waals surface area (Å²) in [6.07, 6.45) is 0.483. The molecule has 1 N–H and O–H groups in total. The van der Waals surface area contributed by atoms with Gasteiger partial charge in [-0.15, -0.1) is 0 Å². The highest BCUT2D eigenvalue weighted by molar-refractivity contribution is 7.89. The van der Waals surface area contributed by atoms with Crippen LogP contribution >= 0.6 is 11.3 Å². The molecule has 1 aliphatic rings. The van der Waals surface area contributed by atoms with E-state index in [1.807, 2.05) is 24.3 Å². The van der Waals surface area contributed by atoms with E-state index >= 15 is 0 Å². The Bertz CT molecular complexity index is 815. The van der Waals surface area contributed by atoms with Crippen LogP contribution in [0.25, 0.3) is 0 Å². The molecule has 1 aliphatic heterocycles. The van der Waals surface area contributed by atoms with Crippen molar-refractivity contribution < 1.29 is 13.2 Å². The molecule has 8 heteroatoms. The van der Waals surface area contributed by atoms with E-state index in [-0.39, 0.29) is 11.8 Å². The fourth-order valence-electron chi connectivity index (χ4n) is 3.38. The van der Waals surface area contributed by atoms with Gasteiger partial charge in [-0.05, 0) is 53.6 Å². The van der Waals surface area contributed by atoms with E-state index in [0.717, 1.165) is 37.5 Å². The van der Waals surface area contributed by atoms with E-state index in [9.17, 15) is 8.42 Å². The molecule has 0 unspecified atom stereocenters. The SMILES string of the molecule is COc1ccc(CCS(=O)(=O)NC[C@@H](c2ccsc2)N2CCN(C)CC2)cc1. The summed E-state index contributed by atoms with van der Waals surface area (Å²) in [4.78, 5) is 4.69. The summed E-state index contributed by atoms with van der Waals surface area (Å²) in [7, 11) is 0.397. The van der Waals surface area contributed by atoms with Gasteiger partial charge in [-0.2, -0.15) is 11.3 Å². The van der Waals surface area contributed by atoms with Gasteiger partial charge in [0.15, 0.2) is 0 Å². The number of methoxy groups -OCH3 is 1. The van der Waals surface area contributed by atoms with Gasteiger partial charge in [0.25, 0.3) is 0 Å². The van der Waals surface area contributed by atoms with Gasteiger partial charge in [-0.1, -0.05) is 12.1 Å². The Morgan fingerprint density at radius 3 is 2.46 bits per heavy atom. The third-order valence-electron chi connectivity index (χ3n) is 5.22. The molecule has 0 radical (unpaired) electrons. The molecule has 0 aliphatic carbocycles. The number of sulfonamides is 1. The average molecular weight is 424 g/mol. The van der Waals surface area contributed by atoms with E-state index in [0.29, 0.717) is 13.0 Å². The van der Waals surface area contributed by atoms with Crippen LogP contribution in [0.4, 0.5) is 0 Å². The zero-order valence-electron chi connectivity index (χ0n) is 16.5. The number of rotatable bonds is 9. The first kappa shape index (κ1) is 21.3. The van der Waals surface area contributed by atoms with Gasteiger partial charge in [0.05, 0.1) is 12.9 Å². The first-order valence-electron chi connectivity index (χ1n) is 9.52. The lowest BCUT2D eigenvalue weighted by molar-refractivity contribution is 0.113. The number of ether oxygens (including phenoxy) is 1. The molecular weight excluding hydrogens is 394 g/mol. The number of thiophene rings is 1. The van der Waals surface area contributed by atoms with E-state index in [4.69, 9.17) is 4.74 Å². The Labute approximate surface area is 172 Å².